The van der Waals surface area contributed by atoms with Crippen molar-refractivity contribution in [1.29, 1.82) is 0 Å². The Kier molecular flexibility index (Phi) is 5.47. The molecule has 1 aliphatic rings. The highest BCUT2D eigenvalue weighted by Gasteiger charge is 2.31. The third kappa shape index (κ3) is 3.81. The van der Waals surface area contributed by atoms with Crippen LogP contribution >= 0.6 is 11.6 Å². The summed E-state index contributed by atoms with van der Waals surface area (Å²) in [4.78, 5) is 25.9. The van der Waals surface area contributed by atoms with E-state index in [4.69, 9.17) is 11.6 Å². The number of rotatable bonds is 5. The smallest absolute Gasteiger partial charge is 0.268 e. The van der Waals surface area contributed by atoms with Gasteiger partial charge in [0.25, 0.3) is 5.91 Å². The lowest BCUT2D eigenvalue weighted by atomic mass is 10.1. The van der Waals surface area contributed by atoms with E-state index in [-0.39, 0.29) is 23.9 Å². The number of carbonyl (C=O) groups excluding carboxylic acids is 2. The second-order valence-corrected chi connectivity index (χ2v) is 6.23. The molecule has 1 aromatic rings. The summed E-state index contributed by atoms with van der Waals surface area (Å²) in [6, 6.07) is 2.16. The summed E-state index contributed by atoms with van der Waals surface area (Å²) in [6.07, 6.45) is 4.16. The van der Waals surface area contributed by atoms with Crippen molar-refractivity contribution in [3.05, 3.63) is 23.0 Å². The molecule has 7 heteroatoms. The molecule has 0 spiro atoms. The predicted octanol–water partition coefficient (Wildman–Crippen LogP) is 1.01. The molecule has 122 valence electrons. The lowest BCUT2D eigenvalue weighted by molar-refractivity contribution is -0.121. The lowest BCUT2D eigenvalue weighted by Crippen LogP contribution is -2.42. The van der Waals surface area contributed by atoms with E-state index in [0.717, 1.165) is 12.8 Å². The fraction of sp³-hybridized carbons (Fsp3) is 0.600. The second kappa shape index (κ2) is 7.15. The van der Waals surface area contributed by atoms with Crippen LogP contribution in [0.3, 0.4) is 0 Å². The Morgan fingerprint density at radius 3 is 2.59 bits per heavy atom. The average Bonchev–Trinajstić information content (AvgIpc) is 2.99. The van der Waals surface area contributed by atoms with Crippen molar-refractivity contribution < 1.29 is 9.59 Å². The van der Waals surface area contributed by atoms with Crippen molar-refractivity contribution in [3.63, 3.8) is 0 Å². The van der Waals surface area contributed by atoms with Crippen molar-refractivity contribution in [3.8, 4) is 0 Å². The van der Waals surface area contributed by atoms with Gasteiger partial charge >= 0.3 is 0 Å². The molecular weight excluding hydrogens is 304 g/mol. The zero-order valence-corrected chi connectivity index (χ0v) is 14.0. The maximum atomic E-state index is 12.2. The van der Waals surface area contributed by atoms with Crippen LogP contribution < -0.4 is 10.6 Å². The third-order valence-electron chi connectivity index (χ3n) is 4.39. The molecule has 0 aromatic carbocycles. The zero-order chi connectivity index (χ0) is 16.3. The highest BCUT2D eigenvalue weighted by atomic mass is 35.5. The lowest BCUT2D eigenvalue weighted by Gasteiger charge is -2.25. The Bertz CT molecular complexity index is 558. The summed E-state index contributed by atoms with van der Waals surface area (Å²) in [5, 5.41) is 6.16. The number of halogens is 1. The number of nitrogens with zero attached hydrogens (tertiary/aromatic N) is 2. The maximum absolute atomic E-state index is 12.2. The molecule has 0 bridgehead atoms. The van der Waals surface area contributed by atoms with Gasteiger partial charge in [-0.2, -0.15) is 0 Å². The molecule has 1 saturated heterocycles. The van der Waals surface area contributed by atoms with Gasteiger partial charge in [0.2, 0.25) is 5.91 Å². The number of amides is 2. The fourth-order valence-corrected chi connectivity index (χ4v) is 3.20. The van der Waals surface area contributed by atoms with E-state index in [2.05, 4.69) is 15.5 Å². The first kappa shape index (κ1) is 16.8. The van der Waals surface area contributed by atoms with E-state index in [1.165, 1.54) is 0 Å². The van der Waals surface area contributed by atoms with Crippen LogP contribution in [0.2, 0.25) is 5.02 Å². The van der Waals surface area contributed by atoms with Gasteiger partial charge in [0.1, 0.15) is 5.69 Å². The number of aryl methyl sites for hydroxylation is 1. The first-order valence-corrected chi connectivity index (χ1v) is 7.82. The molecule has 0 aliphatic carbocycles. The number of likely N-dealkylation sites (tertiary alicyclic amines) is 1. The molecule has 2 N–H and O–H groups in total. The van der Waals surface area contributed by atoms with Crippen LogP contribution in [0.5, 0.6) is 0 Å². The van der Waals surface area contributed by atoms with Gasteiger partial charge in [-0.05, 0) is 26.0 Å². The minimum Gasteiger partial charge on any atom is -0.359 e. The highest BCUT2D eigenvalue weighted by molar-refractivity contribution is 6.31. The van der Waals surface area contributed by atoms with Crippen LogP contribution in [0.15, 0.2) is 12.3 Å². The molecule has 2 amide bonds. The van der Waals surface area contributed by atoms with E-state index >= 15 is 0 Å². The molecule has 0 radical (unpaired) electrons. The van der Waals surface area contributed by atoms with Crippen LogP contribution in [-0.2, 0) is 11.8 Å². The number of hydrogen-bond acceptors (Lipinski definition) is 3. The van der Waals surface area contributed by atoms with Crippen molar-refractivity contribution in [2.45, 2.75) is 31.3 Å². The van der Waals surface area contributed by atoms with E-state index in [1.807, 2.05) is 7.05 Å². The van der Waals surface area contributed by atoms with E-state index in [0.29, 0.717) is 23.7 Å². The third-order valence-corrected chi connectivity index (χ3v) is 4.59. The second-order valence-electron chi connectivity index (χ2n) is 5.79. The number of hydrogen-bond donors (Lipinski definition) is 2. The Balaban J connectivity index is 1.86. The van der Waals surface area contributed by atoms with Gasteiger partial charge in [-0.15, -0.1) is 0 Å². The Hall–Kier alpha value is -1.53. The Morgan fingerprint density at radius 1 is 1.32 bits per heavy atom. The molecule has 6 nitrogen and oxygen atoms in total. The number of carbonyl (C=O) groups is 2. The van der Waals surface area contributed by atoms with Crippen LogP contribution in [0.4, 0.5) is 0 Å². The number of nitrogens with one attached hydrogen (secondary N) is 2. The van der Waals surface area contributed by atoms with Crippen molar-refractivity contribution in [2.24, 2.45) is 7.05 Å². The molecule has 0 saturated carbocycles. The Morgan fingerprint density at radius 2 is 2.00 bits per heavy atom. The normalized spacial score (nSPS) is 21.8. The van der Waals surface area contributed by atoms with Gasteiger partial charge in [0.05, 0.1) is 5.02 Å². The molecule has 1 aromatic heterocycles. The van der Waals surface area contributed by atoms with E-state index in [1.54, 1.807) is 30.9 Å². The quantitative estimate of drug-likeness (QED) is 0.848. The van der Waals surface area contributed by atoms with Gasteiger partial charge in [0, 0.05) is 45.3 Å². The standard InChI is InChI=1S/C15H23ClN4O2/c1-17-14(21)7-11-4-5-12(20(11)3)8-18-15(22)13-6-10(16)9-19(13)2/h6,9,11-12H,4-5,7-8H2,1-3H3,(H,17,21)(H,18,22)/t11-,12+/m1/s1. The molecule has 1 aliphatic heterocycles. The fourth-order valence-electron chi connectivity index (χ4n) is 2.95. The zero-order valence-electron chi connectivity index (χ0n) is 13.2. The topological polar surface area (TPSA) is 66.4 Å². The molecule has 2 atom stereocenters. The van der Waals surface area contributed by atoms with Crippen LogP contribution in [0.1, 0.15) is 29.8 Å². The first-order valence-electron chi connectivity index (χ1n) is 7.45. The molecule has 0 unspecified atom stereocenters. The molecular formula is C15H23ClN4O2. The molecule has 22 heavy (non-hydrogen) atoms. The van der Waals surface area contributed by atoms with E-state index < -0.39 is 0 Å². The molecule has 2 rings (SSSR count). The summed E-state index contributed by atoms with van der Waals surface area (Å²) in [6.45, 7) is 0.572. The summed E-state index contributed by atoms with van der Waals surface area (Å²) < 4.78 is 1.71. The summed E-state index contributed by atoms with van der Waals surface area (Å²) >= 11 is 5.89. The van der Waals surface area contributed by atoms with Crippen molar-refractivity contribution in [2.75, 3.05) is 20.6 Å². The van der Waals surface area contributed by atoms with Crippen molar-refractivity contribution >= 4 is 23.4 Å². The largest absolute Gasteiger partial charge is 0.359 e. The maximum Gasteiger partial charge on any atom is 0.268 e. The van der Waals surface area contributed by atoms with E-state index in [9.17, 15) is 9.59 Å². The molecule has 1 fully saturated rings. The first-order chi connectivity index (χ1) is 10.4. The van der Waals surface area contributed by atoms with Crippen LogP contribution in [0.25, 0.3) is 0 Å². The Labute approximate surface area is 135 Å². The monoisotopic (exact) mass is 326 g/mol. The average molecular weight is 327 g/mol. The number of aromatic nitrogens is 1. The minimum atomic E-state index is -0.127. The predicted molar refractivity (Wildman–Crippen MR) is 86.0 cm³/mol. The van der Waals surface area contributed by atoms with Gasteiger partial charge in [-0.25, -0.2) is 0 Å². The van der Waals surface area contributed by atoms with Gasteiger partial charge in [-0.3, -0.25) is 14.5 Å². The van der Waals surface area contributed by atoms with Crippen LogP contribution in [-0.4, -0.2) is 54.0 Å². The van der Waals surface area contributed by atoms with Gasteiger partial charge in [-0.1, -0.05) is 11.6 Å². The number of likely N-dealkylation sites (N-methyl/N-ethyl adjacent to an activating group) is 1. The van der Waals surface area contributed by atoms with Crippen molar-refractivity contribution in [1.82, 2.24) is 20.1 Å². The van der Waals surface area contributed by atoms with Gasteiger partial charge in [0.15, 0.2) is 0 Å². The summed E-state index contributed by atoms with van der Waals surface area (Å²) in [5.41, 5.74) is 0.549. The molecule has 2 heterocycles. The minimum absolute atomic E-state index is 0.0555. The van der Waals surface area contributed by atoms with Crippen LogP contribution in [0, 0.1) is 0 Å². The SMILES string of the molecule is CNC(=O)C[C@H]1CC[C@@H](CNC(=O)c2cc(Cl)cn2C)N1C. The highest BCUT2D eigenvalue weighted by Crippen LogP contribution is 2.24. The van der Waals surface area contributed by atoms with Gasteiger partial charge < -0.3 is 15.2 Å². The summed E-state index contributed by atoms with van der Waals surface area (Å²) in [5.74, 6) is -0.0717. The summed E-state index contributed by atoms with van der Waals surface area (Å²) in [7, 11) is 5.46.